The van der Waals surface area contributed by atoms with Crippen molar-refractivity contribution in [1.82, 2.24) is 14.7 Å². The fourth-order valence-corrected chi connectivity index (χ4v) is 3.13. The van der Waals surface area contributed by atoms with Gasteiger partial charge in [-0.05, 0) is 42.5 Å². The number of hydrogen-bond acceptors (Lipinski definition) is 3. The minimum Gasteiger partial charge on any atom is -0.383 e. The van der Waals surface area contributed by atoms with E-state index in [2.05, 4.69) is 5.10 Å². The van der Waals surface area contributed by atoms with Gasteiger partial charge in [0, 0.05) is 26.4 Å². The van der Waals surface area contributed by atoms with Crippen LogP contribution in [0.4, 0.5) is 8.78 Å². The lowest BCUT2D eigenvalue weighted by atomic mass is 9.98. The third-order valence-corrected chi connectivity index (χ3v) is 4.47. The smallest absolute Gasteiger partial charge is 0.274 e. The van der Waals surface area contributed by atoms with Gasteiger partial charge in [0.2, 0.25) is 0 Å². The highest BCUT2D eigenvalue weighted by Crippen LogP contribution is 2.23. The number of benzene rings is 1. The molecule has 134 valence electrons. The molecule has 25 heavy (non-hydrogen) atoms. The van der Waals surface area contributed by atoms with E-state index in [-0.39, 0.29) is 11.8 Å². The van der Waals surface area contributed by atoms with Gasteiger partial charge in [0.15, 0.2) is 11.6 Å². The molecule has 0 aliphatic carbocycles. The quantitative estimate of drug-likeness (QED) is 0.805. The van der Waals surface area contributed by atoms with Gasteiger partial charge in [-0.25, -0.2) is 8.78 Å². The Labute approximate surface area is 145 Å². The zero-order chi connectivity index (χ0) is 17.8. The van der Waals surface area contributed by atoms with Crippen LogP contribution in [0.2, 0.25) is 0 Å². The molecule has 1 aliphatic rings. The minimum atomic E-state index is -0.837. The van der Waals surface area contributed by atoms with Gasteiger partial charge in [-0.3, -0.25) is 9.48 Å². The summed E-state index contributed by atoms with van der Waals surface area (Å²) in [6.45, 7) is 2.39. The summed E-state index contributed by atoms with van der Waals surface area (Å²) in [6, 6.07) is 5.69. The van der Waals surface area contributed by atoms with E-state index in [0.29, 0.717) is 38.4 Å². The van der Waals surface area contributed by atoms with Crippen molar-refractivity contribution < 1.29 is 18.3 Å². The summed E-state index contributed by atoms with van der Waals surface area (Å²) in [5.41, 5.74) is 1.17. The van der Waals surface area contributed by atoms with Gasteiger partial charge < -0.3 is 9.64 Å². The maximum absolute atomic E-state index is 13.3. The topological polar surface area (TPSA) is 47.4 Å². The van der Waals surface area contributed by atoms with Crippen LogP contribution in [0.5, 0.6) is 0 Å². The number of carbonyl (C=O) groups is 1. The maximum atomic E-state index is 13.3. The summed E-state index contributed by atoms with van der Waals surface area (Å²) in [5.74, 6) is -1.52. The Morgan fingerprint density at radius 2 is 2.16 bits per heavy atom. The first kappa shape index (κ1) is 17.5. The van der Waals surface area contributed by atoms with Crippen molar-refractivity contribution in [1.29, 1.82) is 0 Å². The Morgan fingerprint density at radius 1 is 1.32 bits per heavy atom. The Balaban J connectivity index is 1.57. The summed E-state index contributed by atoms with van der Waals surface area (Å²) < 4.78 is 33.0. The van der Waals surface area contributed by atoms with Crippen LogP contribution >= 0.6 is 0 Å². The number of nitrogens with zero attached hydrogens (tertiary/aromatic N) is 3. The summed E-state index contributed by atoms with van der Waals surface area (Å²) in [5, 5.41) is 4.28. The lowest BCUT2D eigenvalue weighted by Crippen LogP contribution is -2.29. The lowest BCUT2D eigenvalue weighted by molar-refractivity contribution is 0.0779. The molecule has 2 aromatic rings. The second kappa shape index (κ2) is 7.74. The summed E-state index contributed by atoms with van der Waals surface area (Å²) in [7, 11) is 1.62. The first-order valence-corrected chi connectivity index (χ1v) is 8.32. The van der Waals surface area contributed by atoms with E-state index in [1.54, 1.807) is 35.0 Å². The predicted molar refractivity (Wildman–Crippen MR) is 88.2 cm³/mol. The summed E-state index contributed by atoms with van der Waals surface area (Å²) >= 11 is 0. The Kier molecular flexibility index (Phi) is 5.43. The maximum Gasteiger partial charge on any atom is 0.274 e. The van der Waals surface area contributed by atoms with Crippen LogP contribution in [-0.2, 0) is 17.7 Å². The largest absolute Gasteiger partial charge is 0.383 e. The summed E-state index contributed by atoms with van der Waals surface area (Å²) in [4.78, 5) is 14.3. The van der Waals surface area contributed by atoms with E-state index in [1.807, 2.05) is 0 Å². The number of carbonyl (C=O) groups excluding carboxylic acids is 1. The molecule has 0 bridgehead atoms. The molecule has 1 aromatic heterocycles. The Morgan fingerprint density at radius 3 is 2.92 bits per heavy atom. The van der Waals surface area contributed by atoms with E-state index in [0.717, 1.165) is 18.1 Å². The number of rotatable bonds is 6. The molecule has 0 N–H and O–H groups in total. The van der Waals surface area contributed by atoms with Crippen LogP contribution in [0, 0.1) is 17.6 Å². The standard InChI is InChI=1S/C18H21F2N3O2/c1-25-9-8-23-7-5-17(21-23)18(24)22-6-4-14(12-22)10-13-2-3-15(19)16(20)11-13/h2-3,5,7,11,14H,4,6,8-10,12H2,1H3. The van der Waals surface area contributed by atoms with E-state index in [4.69, 9.17) is 4.74 Å². The van der Waals surface area contributed by atoms with Crippen molar-refractivity contribution in [2.45, 2.75) is 19.4 Å². The van der Waals surface area contributed by atoms with Crippen LogP contribution in [0.15, 0.2) is 30.5 Å². The van der Waals surface area contributed by atoms with E-state index < -0.39 is 11.6 Å². The average Bonchev–Trinajstić information content (AvgIpc) is 3.25. The number of methoxy groups -OCH3 is 1. The fourth-order valence-electron chi connectivity index (χ4n) is 3.13. The first-order chi connectivity index (χ1) is 12.1. The number of halogens is 2. The third-order valence-electron chi connectivity index (χ3n) is 4.47. The molecular weight excluding hydrogens is 328 g/mol. The number of aromatic nitrogens is 2. The second-order valence-electron chi connectivity index (χ2n) is 6.32. The van der Waals surface area contributed by atoms with E-state index in [1.165, 1.54) is 6.07 Å². The molecule has 0 saturated carbocycles. The van der Waals surface area contributed by atoms with Crippen molar-refractivity contribution in [3.63, 3.8) is 0 Å². The van der Waals surface area contributed by atoms with Crippen molar-refractivity contribution in [2.24, 2.45) is 5.92 Å². The number of likely N-dealkylation sites (tertiary alicyclic amines) is 1. The fraction of sp³-hybridized carbons (Fsp3) is 0.444. The van der Waals surface area contributed by atoms with Crippen LogP contribution in [-0.4, -0.2) is 47.4 Å². The molecule has 1 saturated heterocycles. The number of ether oxygens (including phenoxy) is 1. The number of hydrogen-bond donors (Lipinski definition) is 0. The zero-order valence-electron chi connectivity index (χ0n) is 14.1. The highest BCUT2D eigenvalue weighted by molar-refractivity contribution is 5.92. The predicted octanol–water partition coefficient (Wildman–Crippen LogP) is 2.51. The van der Waals surface area contributed by atoms with Crippen LogP contribution in [0.3, 0.4) is 0 Å². The van der Waals surface area contributed by atoms with Gasteiger partial charge in [0.05, 0.1) is 13.2 Å². The van der Waals surface area contributed by atoms with Crippen molar-refractivity contribution in [3.8, 4) is 0 Å². The Hall–Kier alpha value is -2.28. The third kappa shape index (κ3) is 4.22. The number of amides is 1. The molecule has 0 spiro atoms. The molecule has 7 heteroatoms. The molecule has 3 rings (SSSR count). The molecule has 1 fully saturated rings. The van der Waals surface area contributed by atoms with Crippen LogP contribution in [0.1, 0.15) is 22.5 Å². The summed E-state index contributed by atoms with van der Waals surface area (Å²) in [6.07, 6.45) is 3.24. The molecule has 1 unspecified atom stereocenters. The molecule has 1 atom stereocenters. The van der Waals surface area contributed by atoms with Gasteiger partial charge in [0.25, 0.3) is 5.91 Å². The minimum absolute atomic E-state index is 0.0936. The average molecular weight is 349 g/mol. The monoisotopic (exact) mass is 349 g/mol. The molecule has 1 amide bonds. The van der Waals surface area contributed by atoms with E-state index in [9.17, 15) is 13.6 Å². The second-order valence-corrected chi connectivity index (χ2v) is 6.32. The van der Waals surface area contributed by atoms with Gasteiger partial charge >= 0.3 is 0 Å². The van der Waals surface area contributed by atoms with Gasteiger partial charge in [-0.1, -0.05) is 6.07 Å². The van der Waals surface area contributed by atoms with Crippen molar-refractivity contribution in [2.75, 3.05) is 26.8 Å². The first-order valence-electron chi connectivity index (χ1n) is 8.32. The Bertz CT molecular complexity index is 748. The van der Waals surface area contributed by atoms with Crippen molar-refractivity contribution in [3.05, 3.63) is 53.4 Å². The van der Waals surface area contributed by atoms with Gasteiger partial charge in [-0.15, -0.1) is 0 Å². The van der Waals surface area contributed by atoms with Gasteiger partial charge in [0.1, 0.15) is 5.69 Å². The lowest BCUT2D eigenvalue weighted by Gasteiger charge is -2.15. The van der Waals surface area contributed by atoms with Crippen molar-refractivity contribution >= 4 is 5.91 Å². The van der Waals surface area contributed by atoms with Crippen LogP contribution in [0.25, 0.3) is 0 Å². The zero-order valence-corrected chi connectivity index (χ0v) is 14.1. The normalized spacial score (nSPS) is 17.2. The highest BCUT2D eigenvalue weighted by atomic mass is 19.2. The molecule has 0 radical (unpaired) electrons. The molecular formula is C18H21F2N3O2. The van der Waals surface area contributed by atoms with Gasteiger partial charge in [-0.2, -0.15) is 5.10 Å². The highest BCUT2D eigenvalue weighted by Gasteiger charge is 2.28. The van der Waals surface area contributed by atoms with E-state index >= 15 is 0 Å². The van der Waals surface area contributed by atoms with Crippen LogP contribution < -0.4 is 0 Å². The molecule has 1 aliphatic heterocycles. The molecule has 2 heterocycles. The molecule has 1 aromatic carbocycles. The SMILES string of the molecule is COCCn1ccc(C(=O)N2CCC(Cc3ccc(F)c(F)c3)C2)n1. The molecule has 5 nitrogen and oxygen atoms in total.